The molecule has 0 aromatic carbocycles. The first-order chi connectivity index (χ1) is 12.8. The summed E-state index contributed by atoms with van der Waals surface area (Å²) in [6, 6.07) is 0. The number of aromatic nitrogens is 2. The van der Waals surface area contributed by atoms with Gasteiger partial charge in [0, 0.05) is 32.5 Å². The number of hydrogen-bond donors (Lipinski definition) is 0. The second-order valence-electron chi connectivity index (χ2n) is 8.33. The van der Waals surface area contributed by atoms with Gasteiger partial charge in [0.25, 0.3) is 0 Å². The van der Waals surface area contributed by atoms with Gasteiger partial charge < -0.3 is 14.2 Å². The highest BCUT2D eigenvalue weighted by atomic mass is 16.5. The summed E-state index contributed by atoms with van der Waals surface area (Å²) in [5, 5.41) is 4.08. The first kappa shape index (κ1) is 18.0. The number of nitrogens with zero attached hydrogens (tertiary/aromatic N) is 3. The molecule has 1 atom stereocenters. The third kappa shape index (κ3) is 4.84. The van der Waals surface area contributed by atoms with Gasteiger partial charge >= 0.3 is 0 Å². The maximum absolute atomic E-state index is 12.5. The molecule has 0 radical (unpaired) electrons. The molecular weight excluding hydrogens is 330 g/mol. The summed E-state index contributed by atoms with van der Waals surface area (Å²) in [7, 11) is 0. The number of amides is 1. The summed E-state index contributed by atoms with van der Waals surface area (Å²) in [5.41, 5.74) is 0. The summed E-state index contributed by atoms with van der Waals surface area (Å²) in [5.74, 6) is 3.46. The van der Waals surface area contributed by atoms with Crippen molar-refractivity contribution in [2.75, 3.05) is 26.3 Å². The second kappa shape index (κ2) is 8.51. The van der Waals surface area contributed by atoms with E-state index in [4.69, 9.17) is 9.26 Å². The van der Waals surface area contributed by atoms with Crippen molar-refractivity contribution in [3.8, 4) is 0 Å². The van der Waals surface area contributed by atoms with Gasteiger partial charge in [-0.3, -0.25) is 4.79 Å². The van der Waals surface area contributed by atoms with E-state index in [0.717, 1.165) is 50.2 Å². The molecule has 6 heteroatoms. The van der Waals surface area contributed by atoms with Crippen LogP contribution in [0.3, 0.4) is 0 Å². The Hall–Kier alpha value is -1.43. The van der Waals surface area contributed by atoms with Crippen LogP contribution in [0.4, 0.5) is 0 Å². The lowest BCUT2D eigenvalue weighted by Crippen LogP contribution is -2.28. The van der Waals surface area contributed by atoms with Crippen LogP contribution in [0.25, 0.3) is 0 Å². The van der Waals surface area contributed by atoms with Crippen molar-refractivity contribution < 1.29 is 14.1 Å². The van der Waals surface area contributed by atoms with Gasteiger partial charge in [-0.15, -0.1) is 0 Å². The average molecular weight is 361 g/mol. The average Bonchev–Trinajstić information content (AvgIpc) is 3.10. The van der Waals surface area contributed by atoms with E-state index < -0.39 is 0 Å². The number of likely N-dealkylation sites (tertiary alicyclic amines) is 1. The summed E-state index contributed by atoms with van der Waals surface area (Å²) in [6.45, 7) is 3.07. The number of carbonyl (C=O) groups excluding carboxylic acids is 1. The SMILES string of the molecule is O=C(CCC1CCCC1)N1CCC(c2nc(CCOCC3CC3)no2)C1. The van der Waals surface area contributed by atoms with Crippen LogP contribution in [0.5, 0.6) is 0 Å². The second-order valence-corrected chi connectivity index (χ2v) is 8.33. The maximum Gasteiger partial charge on any atom is 0.231 e. The minimum absolute atomic E-state index is 0.194. The van der Waals surface area contributed by atoms with Crippen LogP contribution in [0.1, 0.15) is 75.4 Å². The quantitative estimate of drug-likeness (QED) is 0.631. The number of ether oxygens (including phenoxy) is 1. The number of rotatable bonds is 9. The molecule has 6 nitrogen and oxygen atoms in total. The van der Waals surface area contributed by atoms with Crippen LogP contribution < -0.4 is 0 Å². The van der Waals surface area contributed by atoms with E-state index in [0.29, 0.717) is 31.2 Å². The van der Waals surface area contributed by atoms with E-state index in [2.05, 4.69) is 10.1 Å². The molecule has 1 aliphatic heterocycles. The van der Waals surface area contributed by atoms with Gasteiger partial charge in [0.15, 0.2) is 5.82 Å². The molecule has 0 spiro atoms. The van der Waals surface area contributed by atoms with E-state index in [1.54, 1.807) is 0 Å². The van der Waals surface area contributed by atoms with Gasteiger partial charge in [-0.05, 0) is 37.5 Å². The Labute approximate surface area is 155 Å². The van der Waals surface area contributed by atoms with Crippen molar-refractivity contribution in [1.29, 1.82) is 0 Å². The fourth-order valence-corrected chi connectivity index (χ4v) is 4.21. The molecule has 4 rings (SSSR count). The van der Waals surface area contributed by atoms with Crippen LogP contribution in [-0.4, -0.2) is 47.3 Å². The van der Waals surface area contributed by atoms with Crippen molar-refractivity contribution in [2.24, 2.45) is 11.8 Å². The monoisotopic (exact) mass is 361 g/mol. The molecule has 26 heavy (non-hydrogen) atoms. The minimum Gasteiger partial charge on any atom is -0.381 e. The number of carbonyl (C=O) groups is 1. The van der Waals surface area contributed by atoms with Crippen LogP contribution >= 0.6 is 0 Å². The normalized spacial score (nSPS) is 23.8. The lowest BCUT2D eigenvalue weighted by molar-refractivity contribution is -0.130. The van der Waals surface area contributed by atoms with Gasteiger partial charge in [0.1, 0.15) is 0 Å². The zero-order valence-electron chi connectivity index (χ0n) is 15.7. The molecule has 1 unspecified atom stereocenters. The molecule has 0 N–H and O–H groups in total. The van der Waals surface area contributed by atoms with Crippen LogP contribution in [0.15, 0.2) is 4.52 Å². The van der Waals surface area contributed by atoms with Crippen LogP contribution in [-0.2, 0) is 16.0 Å². The number of hydrogen-bond acceptors (Lipinski definition) is 5. The van der Waals surface area contributed by atoms with Gasteiger partial charge in [0.05, 0.1) is 12.5 Å². The summed E-state index contributed by atoms with van der Waals surface area (Å²) in [6.07, 6.45) is 11.3. The zero-order valence-corrected chi connectivity index (χ0v) is 15.7. The van der Waals surface area contributed by atoms with Crippen molar-refractivity contribution in [2.45, 2.75) is 70.1 Å². The van der Waals surface area contributed by atoms with Crippen molar-refractivity contribution in [1.82, 2.24) is 15.0 Å². The Kier molecular flexibility index (Phi) is 5.88. The molecule has 1 saturated heterocycles. The van der Waals surface area contributed by atoms with Gasteiger partial charge in [-0.25, -0.2) is 0 Å². The molecular formula is C20H31N3O3. The van der Waals surface area contributed by atoms with E-state index in [1.165, 1.54) is 38.5 Å². The third-order valence-corrected chi connectivity index (χ3v) is 6.14. The van der Waals surface area contributed by atoms with E-state index in [1.807, 2.05) is 4.90 Å². The van der Waals surface area contributed by atoms with Crippen molar-refractivity contribution in [3.63, 3.8) is 0 Å². The molecule has 3 aliphatic rings. The molecule has 1 aromatic heterocycles. The van der Waals surface area contributed by atoms with Crippen molar-refractivity contribution >= 4 is 5.91 Å². The van der Waals surface area contributed by atoms with Gasteiger partial charge in [-0.1, -0.05) is 30.8 Å². The highest BCUT2D eigenvalue weighted by Crippen LogP contribution is 2.31. The molecule has 1 amide bonds. The Morgan fingerprint density at radius 3 is 2.81 bits per heavy atom. The smallest absolute Gasteiger partial charge is 0.231 e. The molecule has 2 aliphatic carbocycles. The first-order valence-corrected chi connectivity index (χ1v) is 10.5. The first-order valence-electron chi connectivity index (χ1n) is 10.5. The third-order valence-electron chi connectivity index (χ3n) is 6.14. The lowest BCUT2D eigenvalue weighted by Gasteiger charge is -2.17. The van der Waals surface area contributed by atoms with Crippen LogP contribution in [0.2, 0.25) is 0 Å². The molecule has 2 saturated carbocycles. The highest BCUT2D eigenvalue weighted by Gasteiger charge is 2.31. The molecule has 144 valence electrons. The van der Waals surface area contributed by atoms with Crippen molar-refractivity contribution in [3.05, 3.63) is 11.7 Å². The fraction of sp³-hybridized carbons (Fsp3) is 0.850. The largest absolute Gasteiger partial charge is 0.381 e. The predicted molar refractivity (Wildman–Crippen MR) is 96.7 cm³/mol. The fourth-order valence-electron chi connectivity index (χ4n) is 4.21. The molecule has 1 aromatic rings. The lowest BCUT2D eigenvalue weighted by atomic mass is 10.0. The Morgan fingerprint density at radius 2 is 2.00 bits per heavy atom. The summed E-state index contributed by atoms with van der Waals surface area (Å²) >= 11 is 0. The standard InChI is InChI=1S/C20H31N3O3/c24-19(8-7-15-3-1-2-4-15)23-11-9-17(13-23)20-21-18(22-26-20)10-12-25-14-16-5-6-16/h15-17H,1-14H2. The van der Waals surface area contributed by atoms with E-state index in [9.17, 15) is 4.79 Å². The van der Waals surface area contributed by atoms with E-state index in [-0.39, 0.29) is 5.92 Å². The van der Waals surface area contributed by atoms with Gasteiger partial charge in [-0.2, -0.15) is 4.98 Å². The molecule has 2 heterocycles. The highest BCUT2D eigenvalue weighted by molar-refractivity contribution is 5.76. The summed E-state index contributed by atoms with van der Waals surface area (Å²) < 4.78 is 11.1. The van der Waals surface area contributed by atoms with Crippen LogP contribution in [0, 0.1) is 11.8 Å². The predicted octanol–water partition coefficient (Wildman–Crippen LogP) is 3.33. The van der Waals surface area contributed by atoms with E-state index >= 15 is 0 Å². The Balaban J connectivity index is 1.18. The van der Waals surface area contributed by atoms with Gasteiger partial charge in [0.2, 0.25) is 11.8 Å². The topological polar surface area (TPSA) is 68.5 Å². The Bertz CT molecular complexity index is 593. The maximum atomic E-state index is 12.5. The Morgan fingerprint density at radius 1 is 1.15 bits per heavy atom. The zero-order chi connectivity index (χ0) is 17.8. The molecule has 0 bridgehead atoms. The molecule has 3 fully saturated rings. The summed E-state index contributed by atoms with van der Waals surface area (Å²) in [4.78, 5) is 19.0. The minimum atomic E-state index is 0.194.